The van der Waals surface area contributed by atoms with Crippen molar-refractivity contribution in [2.75, 3.05) is 25.1 Å². The highest BCUT2D eigenvalue weighted by atomic mass is 19.3. The van der Waals surface area contributed by atoms with Crippen LogP contribution < -0.4 is 10.9 Å². The first-order valence-electron chi connectivity index (χ1n) is 4.75. The highest BCUT2D eigenvalue weighted by molar-refractivity contribution is 5.32. The highest BCUT2D eigenvalue weighted by Crippen LogP contribution is 1.97. The number of rotatable bonds is 6. The van der Waals surface area contributed by atoms with E-state index in [1.165, 1.54) is 6.07 Å². The molecule has 0 aliphatic carbocycles. The third-order valence-electron chi connectivity index (χ3n) is 1.66. The summed E-state index contributed by atoms with van der Waals surface area (Å²) >= 11 is 0. The maximum Gasteiger partial charge on any atom is 0.261 e. The van der Waals surface area contributed by atoms with Crippen LogP contribution in [0.15, 0.2) is 10.9 Å². The van der Waals surface area contributed by atoms with E-state index in [9.17, 15) is 13.6 Å². The van der Waals surface area contributed by atoms with Crippen LogP contribution >= 0.6 is 0 Å². The topological polar surface area (TPSA) is 67.0 Å². The normalized spacial score (nSPS) is 10.8. The van der Waals surface area contributed by atoms with E-state index in [-0.39, 0.29) is 12.2 Å². The van der Waals surface area contributed by atoms with Crippen molar-refractivity contribution in [3.8, 4) is 0 Å². The summed E-state index contributed by atoms with van der Waals surface area (Å²) in [6, 6.07) is 1.29. The minimum absolute atomic E-state index is 0.137. The van der Waals surface area contributed by atoms with Crippen molar-refractivity contribution in [2.45, 2.75) is 13.3 Å². The van der Waals surface area contributed by atoms with Crippen LogP contribution in [0.4, 0.5) is 14.6 Å². The van der Waals surface area contributed by atoms with Crippen LogP contribution in [-0.4, -0.2) is 36.2 Å². The van der Waals surface area contributed by atoms with Crippen molar-refractivity contribution < 1.29 is 13.5 Å². The standard InChI is InChI=1S/C9H13F2N3O2/c1-6-13-8(4-9(15)14-6)12-2-3-16-5-7(10)11/h4,7H,2-3,5H2,1H3,(H2,12,13,14,15). The number of halogens is 2. The van der Waals surface area contributed by atoms with Gasteiger partial charge in [0.2, 0.25) is 0 Å². The Labute approximate surface area is 90.9 Å². The molecular weight excluding hydrogens is 220 g/mol. The van der Waals surface area contributed by atoms with E-state index in [2.05, 4.69) is 20.0 Å². The van der Waals surface area contributed by atoms with Gasteiger partial charge in [0.05, 0.1) is 6.61 Å². The number of hydrogen-bond acceptors (Lipinski definition) is 4. The fourth-order valence-corrected chi connectivity index (χ4v) is 1.09. The maximum atomic E-state index is 11.7. The SMILES string of the molecule is Cc1nc(NCCOCC(F)F)cc(=O)[nH]1. The first kappa shape index (κ1) is 12.6. The van der Waals surface area contributed by atoms with Crippen LogP contribution in [0.25, 0.3) is 0 Å². The summed E-state index contributed by atoms with van der Waals surface area (Å²) in [5.74, 6) is 0.894. The van der Waals surface area contributed by atoms with Crippen molar-refractivity contribution in [1.82, 2.24) is 9.97 Å². The zero-order valence-corrected chi connectivity index (χ0v) is 8.80. The molecule has 7 heteroatoms. The van der Waals surface area contributed by atoms with Gasteiger partial charge in [-0.3, -0.25) is 4.79 Å². The fraction of sp³-hybridized carbons (Fsp3) is 0.556. The number of anilines is 1. The molecule has 1 heterocycles. The fourth-order valence-electron chi connectivity index (χ4n) is 1.09. The van der Waals surface area contributed by atoms with Crippen LogP contribution in [0.2, 0.25) is 0 Å². The largest absolute Gasteiger partial charge is 0.374 e. The molecule has 2 N–H and O–H groups in total. The zero-order chi connectivity index (χ0) is 12.0. The number of aromatic nitrogens is 2. The number of nitrogens with one attached hydrogen (secondary N) is 2. The van der Waals surface area contributed by atoms with Gasteiger partial charge in [0.1, 0.15) is 18.2 Å². The maximum absolute atomic E-state index is 11.7. The van der Waals surface area contributed by atoms with Gasteiger partial charge >= 0.3 is 0 Å². The second-order valence-electron chi connectivity index (χ2n) is 3.11. The summed E-state index contributed by atoms with van der Waals surface area (Å²) in [5.41, 5.74) is -0.261. The molecule has 0 spiro atoms. The number of hydrogen-bond donors (Lipinski definition) is 2. The van der Waals surface area contributed by atoms with E-state index in [1.54, 1.807) is 6.92 Å². The third kappa shape index (κ3) is 4.83. The van der Waals surface area contributed by atoms with E-state index in [4.69, 9.17) is 0 Å². The molecule has 0 aliphatic rings. The molecule has 0 aromatic carbocycles. The minimum Gasteiger partial charge on any atom is -0.374 e. The Hall–Kier alpha value is -1.50. The van der Waals surface area contributed by atoms with Crippen molar-refractivity contribution >= 4 is 5.82 Å². The van der Waals surface area contributed by atoms with Gasteiger partial charge in [-0.15, -0.1) is 0 Å². The summed E-state index contributed by atoms with van der Waals surface area (Å²) in [7, 11) is 0. The van der Waals surface area contributed by atoms with Gasteiger partial charge in [-0.05, 0) is 6.92 Å². The number of nitrogens with zero attached hydrogens (tertiary/aromatic N) is 1. The second kappa shape index (κ2) is 6.16. The predicted molar refractivity (Wildman–Crippen MR) is 54.9 cm³/mol. The number of aryl methyl sites for hydroxylation is 1. The van der Waals surface area contributed by atoms with Crippen molar-refractivity contribution in [3.63, 3.8) is 0 Å². The van der Waals surface area contributed by atoms with Crippen LogP contribution in [0, 0.1) is 6.92 Å². The van der Waals surface area contributed by atoms with Crippen LogP contribution in [0.5, 0.6) is 0 Å². The second-order valence-corrected chi connectivity index (χ2v) is 3.11. The Kier molecular flexibility index (Phi) is 4.84. The van der Waals surface area contributed by atoms with Crippen LogP contribution in [0.3, 0.4) is 0 Å². The predicted octanol–water partition coefficient (Wildman–Crippen LogP) is 0.772. The summed E-state index contributed by atoms with van der Waals surface area (Å²) in [4.78, 5) is 17.5. The molecule has 90 valence electrons. The molecule has 1 aromatic rings. The molecule has 0 saturated carbocycles. The average molecular weight is 233 g/mol. The molecule has 5 nitrogen and oxygen atoms in total. The molecule has 0 aliphatic heterocycles. The van der Waals surface area contributed by atoms with Gasteiger partial charge in [-0.2, -0.15) is 0 Å². The van der Waals surface area contributed by atoms with Gasteiger partial charge in [-0.1, -0.05) is 0 Å². The molecule has 16 heavy (non-hydrogen) atoms. The van der Waals surface area contributed by atoms with E-state index in [0.717, 1.165) is 0 Å². The summed E-state index contributed by atoms with van der Waals surface area (Å²) in [6.45, 7) is 1.53. The average Bonchev–Trinajstić information content (AvgIpc) is 2.15. The summed E-state index contributed by atoms with van der Waals surface area (Å²) in [6.07, 6.45) is -2.46. The quantitative estimate of drug-likeness (QED) is 0.712. The molecule has 1 rings (SSSR count). The molecule has 0 radical (unpaired) electrons. The van der Waals surface area contributed by atoms with Gasteiger partial charge in [0, 0.05) is 12.6 Å². The van der Waals surface area contributed by atoms with E-state index in [0.29, 0.717) is 18.2 Å². The van der Waals surface area contributed by atoms with Crippen molar-refractivity contribution in [1.29, 1.82) is 0 Å². The smallest absolute Gasteiger partial charge is 0.261 e. The summed E-state index contributed by atoms with van der Waals surface area (Å²) in [5, 5.41) is 2.80. The number of ether oxygens (including phenoxy) is 1. The van der Waals surface area contributed by atoms with Gasteiger partial charge in [0.25, 0.3) is 12.0 Å². The molecule has 0 bridgehead atoms. The lowest BCUT2D eigenvalue weighted by Gasteiger charge is -2.06. The van der Waals surface area contributed by atoms with Gasteiger partial charge < -0.3 is 15.0 Å². The lowest BCUT2D eigenvalue weighted by molar-refractivity contribution is 0.0215. The Morgan fingerprint density at radius 1 is 1.62 bits per heavy atom. The van der Waals surface area contributed by atoms with Crippen LogP contribution in [-0.2, 0) is 4.74 Å². The van der Waals surface area contributed by atoms with E-state index >= 15 is 0 Å². The molecule has 0 amide bonds. The lowest BCUT2D eigenvalue weighted by atomic mass is 10.5. The van der Waals surface area contributed by atoms with E-state index < -0.39 is 13.0 Å². The molecule has 0 saturated heterocycles. The Bertz CT molecular complexity index is 381. The Morgan fingerprint density at radius 2 is 2.38 bits per heavy atom. The zero-order valence-electron chi connectivity index (χ0n) is 8.80. The molecule has 0 fully saturated rings. The van der Waals surface area contributed by atoms with Crippen LogP contribution in [0.1, 0.15) is 5.82 Å². The lowest BCUT2D eigenvalue weighted by Crippen LogP contribution is -2.16. The minimum atomic E-state index is -2.46. The third-order valence-corrected chi connectivity index (χ3v) is 1.66. The monoisotopic (exact) mass is 233 g/mol. The summed E-state index contributed by atoms with van der Waals surface area (Å²) < 4.78 is 28.0. The molecule has 0 unspecified atom stereocenters. The molecule has 0 atom stereocenters. The first-order chi connectivity index (χ1) is 7.58. The molecule has 1 aromatic heterocycles. The Morgan fingerprint density at radius 3 is 3.00 bits per heavy atom. The number of aromatic amines is 1. The molecular formula is C9H13F2N3O2. The Balaban J connectivity index is 2.29. The van der Waals surface area contributed by atoms with Crippen molar-refractivity contribution in [2.24, 2.45) is 0 Å². The number of alkyl halides is 2. The first-order valence-corrected chi connectivity index (χ1v) is 4.75. The van der Waals surface area contributed by atoms with Crippen molar-refractivity contribution in [3.05, 3.63) is 22.2 Å². The van der Waals surface area contributed by atoms with E-state index in [1.807, 2.05) is 0 Å². The van der Waals surface area contributed by atoms with Gasteiger partial charge in [0.15, 0.2) is 0 Å². The number of H-pyrrole nitrogens is 1. The van der Waals surface area contributed by atoms with Gasteiger partial charge in [-0.25, -0.2) is 13.8 Å². The highest BCUT2D eigenvalue weighted by Gasteiger charge is 2.01.